The molecule has 162 valence electrons. The second kappa shape index (κ2) is 12.2. The van der Waals surface area contributed by atoms with E-state index in [1.807, 2.05) is 47.0 Å². The average molecular weight is 524 g/mol. The van der Waals surface area contributed by atoms with Crippen molar-refractivity contribution in [3.63, 3.8) is 0 Å². The first-order valence-corrected chi connectivity index (χ1v) is 9.77. The maximum atomic E-state index is 5.37. The number of methoxy groups -OCH3 is 2. The highest BCUT2D eigenvalue weighted by molar-refractivity contribution is 14.0. The third-order valence-corrected chi connectivity index (χ3v) is 4.49. The lowest BCUT2D eigenvalue weighted by molar-refractivity contribution is 0.354. The Hall–Kier alpha value is -2.56. The Morgan fingerprint density at radius 1 is 1.03 bits per heavy atom. The lowest BCUT2D eigenvalue weighted by atomic mass is 10.1. The standard InChI is InChI=1S/C21H28N6O2.HI/c1-4-22-21(23-12-10-16-8-9-17(28-2)18(15-16)29-3)24-13-11-20-26-25-19-7-5-6-14-27(19)20;/h5-9,14-15H,4,10-13H2,1-3H3,(H2,22,23,24);1H. The van der Waals surface area contributed by atoms with E-state index in [-0.39, 0.29) is 24.0 Å². The Morgan fingerprint density at radius 3 is 2.63 bits per heavy atom. The van der Waals surface area contributed by atoms with Crippen LogP contribution in [0.5, 0.6) is 11.5 Å². The van der Waals surface area contributed by atoms with Crippen LogP contribution in [0.1, 0.15) is 18.3 Å². The van der Waals surface area contributed by atoms with Crippen LogP contribution in [0.3, 0.4) is 0 Å². The molecule has 30 heavy (non-hydrogen) atoms. The quantitative estimate of drug-likeness (QED) is 0.255. The molecule has 2 aromatic heterocycles. The van der Waals surface area contributed by atoms with Gasteiger partial charge in [0.25, 0.3) is 0 Å². The number of benzene rings is 1. The van der Waals surface area contributed by atoms with Crippen LogP contribution in [0.2, 0.25) is 0 Å². The van der Waals surface area contributed by atoms with Gasteiger partial charge in [0.2, 0.25) is 0 Å². The Balaban J connectivity index is 0.00000320. The summed E-state index contributed by atoms with van der Waals surface area (Å²) in [6.45, 7) is 4.24. The molecular formula is C21H29IN6O2. The molecule has 9 heteroatoms. The number of aliphatic imine (C=N–C) groups is 1. The molecule has 2 N–H and O–H groups in total. The fourth-order valence-corrected chi connectivity index (χ4v) is 3.03. The molecule has 0 bridgehead atoms. The number of hydrogen-bond acceptors (Lipinski definition) is 5. The minimum absolute atomic E-state index is 0. The summed E-state index contributed by atoms with van der Waals surface area (Å²) in [5.74, 6) is 3.18. The van der Waals surface area contributed by atoms with E-state index in [1.54, 1.807) is 14.2 Å². The van der Waals surface area contributed by atoms with Crippen molar-refractivity contribution in [2.75, 3.05) is 33.9 Å². The fourth-order valence-electron chi connectivity index (χ4n) is 3.03. The molecule has 8 nitrogen and oxygen atoms in total. The van der Waals surface area contributed by atoms with E-state index in [4.69, 9.17) is 9.47 Å². The van der Waals surface area contributed by atoms with E-state index in [0.29, 0.717) is 6.54 Å². The number of hydrogen-bond donors (Lipinski definition) is 2. The zero-order valence-corrected chi connectivity index (χ0v) is 19.9. The summed E-state index contributed by atoms with van der Waals surface area (Å²) < 4.78 is 12.6. The van der Waals surface area contributed by atoms with Crippen LogP contribution in [0.15, 0.2) is 47.6 Å². The number of aromatic nitrogens is 3. The number of nitrogens with one attached hydrogen (secondary N) is 2. The molecule has 0 radical (unpaired) electrons. The van der Waals surface area contributed by atoms with Gasteiger partial charge >= 0.3 is 0 Å². The largest absolute Gasteiger partial charge is 0.493 e. The number of halogens is 1. The Kier molecular flexibility index (Phi) is 9.65. The summed E-state index contributed by atoms with van der Waals surface area (Å²) in [7, 11) is 3.29. The Labute approximate surface area is 194 Å². The molecule has 0 fully saturated rings. The van der Waals surface area contributed by atoms with Gasteiger partial charge in [-0.15, -0.1) is 34.2 Å². The SMILES string of the molecule is CCNC(=NCCc1nnc2ccccn12)NCCc1ccc(OC)c(OC)c1.I. The molecule has 1 aromatic carbocycles. The van der Waals surface area contributed by atoms with Crippen molar-refractivity contribution >= 4 is 35.6 Å². The van der Waals surface area contributed by atoms with Gasteiger partial charge in [-0.3, -0.25) is 9.39 Å². The van der Waals surface area contributed by atoms with Crippen molar-refractivity contribution in [3.8, 4) is 11.5 Å². The molecule has 3 rings (SSSR count). The van der Waals surface area contributed by atoms with Crippen molar-refractivity contribution in [2.45, 2.75) is 19.8 Å². The molecule has 0 aliphatic carbocycles. The number of rotatable bonds is 9. The maximum absolute atomic E-state index is 5.37. The minimum Gasteiger partial charge on any atom is -0.493 e. The van der Waals surface area contributed by atoms with Gasteiger partial charge in [0.05, 0.1) is 14.2 Å². The summed E-state index contributed by atoms with van der Waals surface area (Å²) in [5, 5.41) is 15.1. The van der Waals surface area contributed by atoms with Crippen LogP contribution in [0.4, 0.5) is 0 Å². The molecule has 3 aromatic rings. The van der Waals surface area contributed by atoms with Crippen molar-refractivity contribution in [3.05, 3.63) is 54.0 Å². The summed E-state index contributed by atoms with van der Waals surface area (Å²) >= 11 is 0. The smallest absolute Gasteiger partial charge is 0.191 e. The predicted octanol–water partition coefficient (Wildman–Crippen LogP) is 2.70. The molecule has 0 spiro atoms. The molecule has 0 unspecified atom stereocenters. The molecule has 0 amide bonds. The summed E-state index contributed by atoms with van der Waals surface area (Å²) in [6.07, 6.45) is 3.54. The van der Waals surface area contributed by atoms with Crippen LogP contribution in [-0.2, 0) is 12.8 Å². The van der Waals surface area contributed by atoms with Crippen LogP contribution in [-0.4, -0.2) is 54.4 Å². The van der Waals surface area contributed by atoms with E-state index in [0.717, 1.165) is 54.9 Å². The average Bonchev–Trinajstić information content (AvgIpc) is 3.17. The molecule has 0 atom stereocenters. The molecule has 0 aliphatic heterocycles. The zero-order valence-electron chi connectivity index (χ0n) is 17.6. The van der Waals surface area contributed by atoms with Gasteiger partial charge in [-0.1, -0.05) is 12.1 Å². The second-order valence-corrected chi connectivity index (χ2v) is 6.42. The highest BCUT2D eigenvalue weighted by Crippen LogP contribution is 2.27. The first kappa shape index (κ1) is 23.7. The monoisotopic (exact) mass is 524 g/mol. The fraction of sp³-hybridized carbons (Fsp3) is 0.381. The highest BCUT2D eigenvalue weighted by atomic mass is 127. The van der Waals surface area contributed by atoms with Crippen LogP contribution < -0.4 is 20.1 Å². The molecule has 0 aliphatic rings. The van der Waals surface area contributed by atoms with E-state index in [9.17, 15) is 0 Å². The van der Waals surface area contributed by atoms with E-state index in [2.05, 4.69) is 32.7 Å². The summed E-state index contributed by atoms with van der Waals surface area (Å²) in [5.41, 5.74) is 2.02. The molecule has 0 saturated carbocycles. The van der Waals surface area contributed by atoms with Gasteiger partial charge in [0, 0.05) is 32.3 Å². The second-order valence-electron chi connectivity index (χ2n) is 6.42. The van der Waals surface area contributed by atoms with Crippen LogP contribution >= 0.6 is 24.0 Å². The number of guanidine groups is 1. The van der Waals surface area contributed by atoms with Gasteiger partial charge in [-0.2, -0.15) is 0 Å². The van der Waals surface area contributed by atoms with Gasteiger partial charge in [0.1, 0.15) is 5.82 Å². The Morgan fingerprint density at radius 2 is 1.87 bits per heavy atom. The highest BCUT2D eigenvalue weighted by Gasteiger charge is 2.06. The first-order chi connectivity index (χ1) is 14.2. The number of ether oxygens (including phenoxy) is 2. The van der Waals surface area contributed by atoms with Crippen molar-refractivity contribution < 1.29 is 9.47 Å². The van der Waals surface area contributed by atoms with E-state index >= 15 is 0 Å². The van der Waals surface area contributed by atoms with Gasteiger partial charge in [-0.25, -0.2) is 0 Å². The number of pyridine rings is 1. The summed E-state index contributed by atoms with van der Waals surface area (Å²) in [4.78, 5) is 4.66. The van der Waals surface area contributed by atoms with E-state index < -0.39 is 0 Å². The normalized spacial score (nSPS) is 11.1. The van der Waals surface area contributed by atoms with E-state index in [1.165, 1.54) is 5.56 Å². The molecular weight excluding hydrogens is 495 g/mol. The zero-order chi connectivity index (χ0) is 20.5. The number of fused-ring (bicyclic) bond motifs is 1. The van der Waals surface area contributed by atoms with Gasteiger partial charge in [-0.05, 0) is 43.2 Å². The molecule has 2 heterocycles. The van der Waals surface area contributed by atoms with Gasteiger partial charge < -0.3 is 20.1 Å². The first-order valence-electron chi connectivity index (χ1n) is 9.77. The lowest BCUT2D eigenvalue weighted by Crippen LogP contribution is -2.38. The third kappa shape index (κ3) is 6.22. The van der Waals surface area contributed by atoms with Crippen LogP contribution in [0.25, 0.3) is 5.65 Å². The topological polar surface area (TPSA) is 85.1 Å². The number of nitrogens with zero attached hydrogens (tertiary/aromatic N) is 4. The molecule has 0 saturated heterocycles. The minimum atomic E-state index is 0. The van der Waals surface area contributed by atoms with Gasteiger partial charge in [0.15, 0.2) is 23.1 Å². The third-order valence-electron chi connectivity index (χ3n) is 4.49. The lowest BCUT2D eigenvalue weighted by Gasteiger charge is -2.12. The van der Waals surface area contributed by atoms with Crippen molar-refractivity contribution in [1.82, 2.24) is 25.2 Å². The maximum Gasteiger partial charge on any atom is 0.191 e. The summed E-state index contributed by atoms with van der Waals surface area (Å²) in [6, 6.07) is 11.8. The predicted molar refractivity (Wildman–Crippen MR) is 129 cm³/mol. The van der Waals surface area contributed by atoms with Crippen LogP contribution in [0, 0.1) is 0 Å². The van der Waals surface area contributed by atoms with Crippen molar-refractivity contribution in [2.24, 2.45) is 4.99 Å². The van der Waals surface area contributed by atoms with Crippen molar-refractivity contribution in [1.29, 1.82) is 0 Å². The Bertz CT molecular complexity index is 960.